The van der Waals surface area contributed by atoms with Crippen LogP contribution in [0.15, 0.2) is 24.3 Å². The minimum atomic E-state index is -0.183. The van der Waals surface area contributed by atoms with E-state index in [1.165, 1.54) is 6.07 Å². The Bertz CT molecular complexity index is 426. The van der Waals surface area contributed by atoms with Crippen LogP contribution < -0.4 is 11.3 Å². The van der Waals surface area contributed by atoms with Gasteiger partial charge in [0, 0.05) is 6.04 Å². The molecule has 1 fully saturated rings. The first-order valence-electron chi connectivity index (χ1n) is 6.51. The molecule has 3 heteroatoms. The molecule has 1 saturated carbocycles. The number of hydrogen-bond acceptors (Lipinski definition) is 2. The molecule has 0 amide bonds. The average Bonchev–Trinajstić information content (AvgIpc) is 2.67. The average molecular weight is 250 g/mol. The predicted octanol–water partition coefficient (Wildman–Crippen LogP) is 2.88. The fourth-order valence-corrected chi connectivity index (χ4v) is 3.44. The molecule has 1 unspecified atom stereocenters. The first kappa shape index (κ1) is 13.5. The Morgan fingerprint density at radius 3 is 2.33 bits per heavy atom. The number of benzene rings is 1. The molecule has 0 spiro atoms. The molecule has 3 N–H and O–H groups in total. The largest absolute Gasteiger partial charge is 0.271 e. The third kappa shape index (κ3) is 2.06. The van der Waals surface area contributed by atoms with Gasteiger partial charge in [-0.1, -0.05) is 39.8 Å². The van der Waals surface area contributed by atoms with E-state index in [2.05, 4.69) is 33.1 Å². The fourth-order valence-electron chi connectivity index (χ4n) is 3.44. The van der Waals surface area contributed by atoms with Crippen molar-refractivity contribution >= 4 is 0 Å². The minimum absolute atomic E-state index is 0.183. The van der Waals surface area contributed by atoms with Crippen molar-refractivity contribution in [1.29, 1.82) is 0 Å². The summed E-state index contributed by atoms with van der Waals surface area (Å²) < 4.78 is 13.2. The zero-order chi connectivity index (χ0) is 13.6. The standard InChI is InChI=1S/C15H23FN2/c1-14(2)13(15(14,3)4)12(18-17)9-10-6-5-7-11(16)8-10/h5-8,12-13,18H,9,17H2,1-4H3. The molecule has 1 aromatic carbocycles. The van der Waals surface area contributed by atoms with Gasteiger partial charge in [0.05, 0.1) is 0 Å². The molecule has 0 bridgehead atoms. The van der Waals surface area contributed by atoms with Gasteiger partial charge >= 0.3 is 0 Å². The highest BCUT2D eigenvalue weighted by atomic mass is 19.1. The molecule has 1 atom stereocenters. The number of halogens is 1. The zero-order valence-electron chi connectivity index (χ0n) is 11.6. The van der Waals surface area contributed by atoms with Crippen molar-refractivity contribution in [3.8, 4) is 0 Å². The monoisotopic (exact) mass is 250 g/mol. The van der Waals surface area contributed by atoms with Crippen LogP contribution in [-0.2, 0) is 6.42 Å². The molecular formula is C15H23FN2. The molecule has 2 nitrogen and oxygen atoms in total. The van der Waals surface area contributed by atoms with Crippen LogP contribution in [0.2, 0.25) is 0 Å². The topological polar surface area (TPSA) is 38.0 Å². The fraction of sp³-hybridized carbons (Fsp3) is 0.600. The second-order valence-corrected chi connectivity index (χ2v) is 6.53. The lowest BCUT2D eigenvalue weighted by Crippen LogP contribution is -2.40. The summed E-state index contributed by atoms with van der Waals surface area (Å²) in [6.45, 7) is 9.09. The van der Waals surface area contributed by atoms with Crippen molar-refractivity contribution < 1.29 is 4.39 Å². The van der Waals surface area contributed by atoms with E-state index in [1.807, 2.05) is 6.07 Å². The first-order valence-corrected chi connectivity index (χ1v) is 6.51. The Balaban J connectivity index is 2.13. The van der Waals surface area contributed by atoms with E-state index in [-0.39, 0.29) is 22.7 Å². The van der Waals surface area contributed by atoms with E-state index >= 15 is 0 Å². The summed E-state index contributed by atoms with van der Waals surface area (Å²) in [5.41, 5.74) is 4.47. The van der Waals surface area contributed by atoms with E-state index in [4.69, 9.17) is 5.84 Å². The number of hydrazine groups is 1. The van der Waals surface area contributed by atoms with Crippen LogP contribution >= 0.6 is 0 Å². The molecule has 2 rings (SSSR count). The van der Waals surface area contributed by atoms with Crippen LogP contribution in [0, 0.1) is 22.6 Å². The maximum Gasteiger partial charge on any atom is 0.123 e. The van der Waals surface area contributed by atoms with Crippen molar-refractivity contribution in [3.63, 3.8) is 0 Å². The molecule has 0 heterocycles. The van der Waals surface area contributed by atoms with Crippen LogP contribution in [0.4, 0.5) is 4.39 Å². The highest BCUT2D eigenvalue weighted by Gasteiger charge is 2.66. The summed E-state index contributed by atoms with van der Waals surface area (Å²) in [4.78, 5) is 0. The second-order valence-electron chi connectivity index (χ2n) is 6.53. The maximum absolute atomic E-state index is 13.2. The normalized spacial score (nSPS) is 22.8. The Morgan fingerprint density at radius 2 is 1.89 bits per heavy atom. The van der Waals surface area contributed by atoms with Gasteiger partial charge in [-0.15, -0.1) is 0 Å². The molecule has 0 aromatic heterocycles. The quantitative estimate of drug-likeness (QED) is 0.637. The van der Waals surface area contributed by atoms with Crippen molar-refractivity contribution in [1.82, 2.24) is 5.43 Å². The Morgan fingerprint density at radius 1 is 1.28 bits per heavy atom. The third-order valence-corrected chi connectivity index (χ3v) is 5.09. The van der Waals surface area contributed by atoms with Crippen molar-refractivity contribution in [3.05, 3.63) is 35.6 Å². The van der Waals surface area contributed by atoms with E-state index in [0.717, 1.165) is 12.0 Å². The summed E-state index contributed by atoms with van der Waals surface area (Å²) in [5, 5.41) is 0. The maximum atomic E-state index is 13.2. The van der Waals surface area contributed by atoms with Crippen LogP contribution in [0.3, 0.4) is 0 Å². The van der Waals surface area contributed by atoms with Gasteiger partial charge in [0.1, 0.15) is 5.82 Å². The Labute approximate surface area is 109 Å². The number of hydrogen-bond donors (Lipinski definition) is 2. The van der Waals surface area contributed by atoms with Gasteiger partial charge in [-0.2, -0.15) is 0 Å². The van der Waals surface area contributed by atoms with Gasteiger partial charge < -0.3 is 0 Å². The lowest BCUT2D eigenvalue weighted by molar-refractivity contribution is 0.402. The minimum Gasteiger partial charge on any atom is -0.271 e. The van der Waals surface area contributed by atoms with E-state index in [1.54, 1.807) is 12.1 Å². The molecule has 0 aliphatic heterocycles. The van der Waals surface area contributed by atoms with Crippen LogP contribution in [0.25, 0.3) is 0 Å². The molecule has 1 aromatic rings. The number of nitrogens with one attached hydrogen (secondary N) is 1. The van der Waals surface area contributed by atoms with E-state index in [0.29, 0.717) is 5.92 Å². The first-order chi connectivity index (χ1) is 8.30. The Hall–Kier alpha value is -0.930. The molecular weight excluding hydrogens is 227 g/mol. The zero-order valence-corrected chi connectivity index (χ0v) is 11.6. The molecule has 1 aliphatic rings. The molecule has 100 valence electrons. The summed E-state index contributed by atoms with van der Waals surface area (Å²) >= 11 is 0. The van der Waals surface area contributed by atoms with Crippen molar-refractivity contribution in [2.75, 3.05) is 0 Å². The molecule has 0 radical (unpaired) electrons. The van der Waals surface area contributed by atoms with Crippen molar-refractivity contribution in [2.45, 2.75) is 40.2 Å². The van der Waals surface area contributed by atoms with Gasteiger partial charge in [-0.05, 0) is 40.9 Å². The SMILES string of the molecule is CC1(C)C(C(Cc2cccc(F)c2)NN)C1(C)C. The summed E-state index contributed by atoms with van der Waals surface area (Å²) in [6, 6.07) is 6.96. The van der Waals surface area contributed by atoms with E-state index < -0.39 is 0 Å². The summed E-state index contributed by atoms with van der Waals surface area (Å²) in [7, 11) is 0. The van der Waals surface area contributed by atoms with Gasteiger partial charge in [0.2, 0.25) is 0 Å². The number of nitrogens with two attached hydrogens (primary N) is 1. The molecule has 18 heavy (non-hydrogen) atoms. The van der Waals surface area contributed by atoms with Gasteiger partial charge in [0.25, 0.3) is 0 Å². The predicted molar refractivity (Wildman–Crippen MR) is 72.3 cm³/mol. The third-order valence-electron chi connectivity index (χ3n) is 5.09. The van der Waals surface area contributed by atoms with Crippen molar-refractivity contribution in [2.24, 2.45) is 22.6 Å². The second kappa shape index (κ2) is 4.32. The highest BCUT2D eigenvalue weighted by Crippen LogP contribution is 2.69. The lowest BCUT2D eigenvalue weighted by Gasteiger charge is -2.18. The summed E-state index contributed by atoms with van der Waals surface area (Å²) in [5.74, 6) is 6.03. The lowest BCUT2D eigenvalue weighted by atomic mass is 9.97. The summed E-state index contributed by atoms with van der Waals surface area (Å²) in [6.07, 6.45) is 0.770. The van der Waals surface area contributed by atoms with Gasteiger partial charge in [-0.3, -0.25) is 11.3 Å². The van der Waals surface area contributed by atoms with Crippen LogP contribution in [0.1, 0.15) is 33.3 Å². The Kier molecular flexibility index (Phi) is 3.24. The van der Waals surface area contributed by atoms with Crippen LogP contribution in [-0.4, -0.2) is 6.04 Å². The number of rotatable bonds is 4. The van der Waals surface area contributed by atoms with Gasteiger partial charge in [-0.25, -0.2) is 4.39 Å². The molecule has 0 saturated heterocycles. The van der Waals surface area contributed by atoms with Gasteiger partial charge in [0.15, 0.2) is 0 Å². The highest BCUT2D eigenvalue weighted by molar-refractivity contribution is 5.22. The smallest absolute Gasteiger partial charge is 0.123 e. The van der Waals surface area contributed by atoms with E-state index in [9.17, 15) is 4.39 Å². The van der Waals surface area contributed by atoms with Crippen LogP contribution in [0.5, 0.6) is 0 Å². The molecule has 1 aliphatic carbocycles.